The largest absolute Gasteiger partial charge is 0.465 e. The smallest absolute Gasteiger partial charge is 0.328 e. The highest BCUT2D eigenvalue weighted by Crippen LogP contribution is 2.39. The molecule has 0 amide bonds. The van der Waals surface area contributed by atoms with Crippen LogP contribution in [0.5, 0.6) is 0 Å². The Balaban J connectivity index is 1.57. The molecule has 2 heterocycles. The van der Waals surface area contributed by atoms with Crippen LogP contribution in [0.3, 0.4) is 0 Å². The third kappa shape index (κ3) is 4.79. The lowest BCUT2D eigenvalue weighted by Crippen LogP contribution is -2.43. The van der Waals surface area contributed by atoms with Crippen LogP contribution in [0, 0.1) is 11.3 Å². The zero-order valence-electron chi connectivity index (χ0n) is 20.2. The van der Waals surface area contributed by atoms with Gasteiger partial charge in [0.1, 0.15) is 6.04 Å². The van der Waals surface area contributed by atoms with Gasteiger partial charge in [0, 0.05) is 12.7 Å². The minimum Gasteiger partial charge on any atom is -0.465 e. The molecule has 0 saturated carbocycles. The molecule has 1 N–H and O–H groups in total. The minimum atomic E-state index is -0.538. The molecule has 0 spiro atoms. The van der Waals surface area contributed by atoms with Crippen molar-refractivity contribution in [2.24, 2.45) is 0 Å². The summed E-state index contributed by atoms with van der Waals surface area (Å²) >= 11 is 0. The van der Waals surface area contributed by atoms with Crippen LogP contribution in [0.15, 0.2) is 85.3 Å². The average Bonchev–Trinajstić information content (AvgIpc) is 3.46. The quantitative estimate of drug-likeness (QED) is 0.362. The number of hydrogen-bond acceptors (Lipinski definition) is 5. The molecule has 2 atom stereocenters. The number of imidazole rings is 1. The van der Waals surface area contributed by atoms with E-state index in [-0.39, 0.29) is 12.0 Å². The van der Waals surface area contributed by atoms with E-state index in [4.69, 9.17) is 4.74 Å². The number of H-pyrrole nitrogens is 1. The predicted molar refractivity (Wildman–Crippen MR) is 138 cm³/mol. The lowest BCUT2D eigenvalue weighted by atomic mass is 9.87. The number of aromatic amines is 1. The summed E-state index contributed by atoms with van der Waals surface area (Å²) in [4.78, 5) is 23.3. The number of esters is 1. The monoisotopic (exact) mass is 476 g/mol. The van der Waals surface area contributed by atoms with Crippen LogP contribution in [0.2, 0.25) is 0 Å². The van der Waals surface area contributed by atoms with E-state index in [1.807, 2.05) is 55.6 Å². The summed E-state index contributed by atoms with van der Waals surface area (Å²) in [7, 11) is 0. The fourth-order valence-electron chi connectivity index (χ4n) is 5.06. The number of carbonyl (C=O) groups excluding carboxylic acids is 1. The lowest BCUT2D eigenvalue weighted by molar-refractivity contribution is -0.151. The Hall–Kier alpha value is -4.21. The number of ether oxygens (including phenoxy) is 1. The first-order chi connectivity index (χ1) is 17.7. The molecular formula is C30H28N4O2. The second kappa shape index (κ2) is 10.6. The number of carbonyl (C=O) groups is 1. The first-order valence-electron chi connectivity index (χ1n) is 12.3. The molecule has 6 heteroatoms. The maximum atomic E-state index is 13.5. The Bertz CT molecular complexity index is 1360. The maximum absolute atomic E-state index is 13.5. The standard InChI is InChI=1S/C30H28N4O2/c1-2-36-30(35)29-26-17-25(23-6-4-3-5-7-23)13-12-24(26)14-15-34(29)28(27-19-32-20-33-27)16-21-8-10-22(18-31)11-9-21/h3-13,17,19-20,28-29H,2,14-16H2,1H3,(H,32,33)/t28?,29-/m0/s1. The summed E-state index contributed by atoms with van der Waals surface area (Å²) in [6, 6.07) is 25.8. The third-order valence-corrected chi connectivity index (χ3v) is 6.82. The van der Waals surface area contributed by atoms with Gasteiger partial charge in [0.15, 0.2) is 0 Å². The highest BCUT2D eigenvalue weighted by molar-refractivity contribution is 5.80. The number of nitrogens with one attached hydrogen (secondary N) is 1. The van der Waals surface area contributed by atoms with Crippen LogP contribution in [0.25, 0.3) is 11.1 Å². The van der Waals surface area contributed by atoms with Gasteiger partial charge in [0.05, 0.1) is 36.3 Å². The topological polar surface area (TPSA) is 82.0 Å². The predicted octanol–water partition coefficient (Wildman–Crippen LogP) is 5.39. The summed E-state index contributed by atoms with van der Waals surface area (Å²) in [6.45, 7) is 2.87. The molecule has 36 heavy (non-hydrogen) atoms. The molecule has 5 rings (SSSR count). The van der Waals surface area contributed by atoms with Crippen LogP contribution >= 0.6 is 0 Å². The summed E-state index contributed by atoms with van der Waals surface area (Å²) in [5.74, 6) is -0.243. The van der Waals surface area contributed by atoms with E-state index in [9.17, 15) is 10.1 Å². The van der Waals surface area contributed by atoms with Crippen LogP contribution in [-0.4, -0.2) is 34.0 Å². The van der Waals surface area contributed by atoms with Gasteiger partial charge in [0.2, 0.25) is 0 Å². The zero-order chi connectivity index (χ0) is 24.9. The highest BCUT2D eigenvalue weighted by Gasteiger charge is 2.39. The molecule has 0 radical (unpaired) electrons. The van der Waals surface area contributed by atoms with Gasteiger partial charge in [0.25, 0.3) is 0 Å². The molecule has 0 bridgehead atoms. The van der Waals surface area contributed by atoms with Gasteiger partial charge < -0.3 is 9.72 Å². The fourth-order valence-corrected chi connectivity index (χ4v) is 5.06. The van der Waals surface area contributed by atoms with Crippen molar-refractivity contribution in [2.45, 2.75) is 31.8 Å². The molecule has 0 fully saturated rings. The van der Waals surface area contributed by atoms with Crippen molar-refractivity contribution in [2.75, 3.05) is 13.2 Å². The van der Waals surface area contributed by atoms with Gasteiger partial charge in [-0.25, -0.2) is 9.78 Å². The molecule has 1 aliphatic heterocycles. The number of nitriles is 1. The van der Waals surface area contributed by atoms with Crippen molar-refractivity contribution < 1.29 is 9.53 Å². The van der Waals surface area contributed by atoms with Gasteiger partial charge in [-0.2, -0.15) is 5.26 Å². The number of fused-ring (bicyclic) bond motifs is 1. The van der Waals surface area contributed by atoms with Crippen LogP contribution < -0.4 is 0 Å². The average molecular weight is 477 g/mol. The van der Waals surface area contributed by atoms with Crippen molar-refractivity contribution in [1.29, 1.82) is 5.26 Å². The van der Waals surface area contributed by atoms with E-state index >= 15 is 0 Å². The second-order valence-corrected chi connectivity index (χ2v) is 8.96. The van der Waals surface area contributed by atoms with Crippen LogP contribution in [0.4, 0.5) is 0 Å². The molecule has 1 unspecified atom stereocenters. The Morgan fingerprint density at radius 1 is 1.14 bits per heavy atom. The van der Waals surface area contributed by atoms with E-state index < -0.39 is 6.04 Å². The molecule has 6 nitrogen and oxygen atoms in total. The Morgan fingerprint density at radius 3 is 2.64 bits per heavy atom. The first-order valence-corrected chi connectivity index (χ1v) is 12.3. The van der Waals surface area contributed by atoms with Crippen LogP contribution in [0.1, 0.15) is 47.0 Å². The van der Waals surface area contributed by atoms with E-state index in [2.05, 4.69) is 51.3 Å². The molecule has 0 aliphatic carbocycles. The molecule has 0 saturated heterocycles. The SMILES string of the molecule is CCOC(=O)[C@@H]1c2cc(-c3ccccc3)ccc2CCN1C(Cc1ccc(C#N)cc1)c1cnc[nH]1. The van der Waals surface area contributed by atoms with Crippen LogP contribution in [-0.2, 0) is 22.4 Å². The second-order valence-electron chi connectivity index (χ2n) is 8.96. The molecule has 1 aliphatic rings. The maximum Gasteiger partial charge on any atom is 0.328 e. The van der Waals surface area contributed by atoms with Crippen molar-refractivity contribution in [3.8, 4) is 17.2 Å². The Morgan fingerprint density at radius 2 is 1.94 bits per heavy atom. The summed E-state index contributed by atoms with van der Waals surface area (Å²) < 4.78 is 5.62. The molecular weight excluding hydrogens is 448 g/mol. The lowest BCUT2D eigenvalue weighted by Gasteiger charge is -2.40. The normalized spacial score (nSPS) is 16.1. The number of hydrogen-bond donors (Lipinski definition) is 1. The summed E-state index contributed by atoms with van der Waals surface area (Å²) in [5, 5.41) is 9.19. The van der Waals surface area contributed by atoms with E-state index in [1.54, 1.807) is 6.33 Å². The Labute approximate surface area is 211 Å². The summed E-state index contributed by atoms with van der Waals surface area (Å²) in [6.07, 6.45) is 4.99. The van der Waals surface area contributed by atoms with Gasteiger partial charge in [-0.05, 0) is 65.8 Å². The molecule has 3 aromatic carbocycles. The first kappa shape index (κ1) is 23.5. The number of nitrogens with zero attached hydrogens (tertiary/aromatic N) is 3. The van der Waals surface area contributed by atoms with Crippen molar-refractivity contribution in [3.63, 3.8) is 0 Å². The minimum absolute atomic E-state index is 0.122. The van der Waals surface area contributed by atoms with Gasteiger partial charge in [-0.15, -0.1) is 0 Å². The molecule has 1 aromatic heterocycles. The van der Waals surface area contributed by atoms with E-state index in [1.165, 1.54) is 5.56 Å². The van der Waals surface area contributed by atoms with Crippen molar-refractivity contribution in [3.05, 3.63) is 113 Å². The summed E-state index contributed by atoms with van der Waals surface area (Å²) in [5.41, 5.74) is 7.01. The zero-order valence-corrected chi connectivity index (χ0v) is 20.2. The van der Waals surface area contributed by atoms with Gasteiger partial charge in [-0.3, -0.25) is 4.90 Å². The molecule has 4 aromatic rings. The fraction of sp³-hybridized carbons (Fsp3) is 0.233. The van der Waals surface area contributed by atoms with Gasteiger partial charge >= 0.3 is 5.97 Å². The highest BCUT2D eigenvalue weighted by atomic mass is 16.5. The number of aromatic nitrogens is 2. The van der Waals surface area contributed by atoms with E-state index in [0.29, 0.717) is 25.1 Å². The van der Waals surface area contributed by atoms with Crippen molar-refractivity contribution in [1.82, 2.24) is 14.9 Å². The molecule has 180 valence electrons. The van der Waals surface area contributed by atoms with E-state index in [0.717, 1.165) is 34.4 Å². The Kier molecular flexibility index (Phi) is 6.92. The number of benzene rings is 3. The van der Waals surface area contributed by atoms with Gasteiger partial charge in [-0.1, -0.05) is 54.6 Å². The number of rotatable bonds is 7. The third-order valence-electron chi connectivity index (χ3n) is 6.82. The van der Waals surface area contributed by atoms with Crippen molar-refractivity contribution >= 4 is 5.97 Å².